The summed E-state index contributed by atoms with van der Waals surface area (Å²) in [5.41, 5.74) is 0. The maximum Gasteiger partial charge on any atom is 2.00 e. The fraction of sp³-hybridized carbons (Fsp3) is 0.840. The van der Waals surface area contributed by atoms with E-state index in [4.69, 9.17) is 68.0 Å². The summed E-state index contributed by atoms with van der Waals surface area (Å²) in [6, 6.07) is 0. The van der Waals surface area contributed by atoms with Crippen molar-refractivity contribution in [1.82, 2.24) is 14.2 Å². The van der Waals surface area contributed by atoms with E-state index in [1.54, 1.807) is 20.4 Å². The second-order valence-corrected chi connectivity index (χ2v) is 21.2. The van der Waals surface area contributed by atoms with Gasteiger partial charge in [0.15, 0.2) is 0 Å². The van der Waals surface area contributed by atoms with Crippen LogP contribution in [-0.2, 0) is 0 Å². The number of nitrogens with one attached hydrogen (secondary N) is 1. The summed E-state index contributed by atoms with van der Waals surface area (Å²) >= 11 is 31.0. The molecule has 0 bridgehead atoms. The summed E-state index contributed by atoms with van der Waals surface area (Å²) in [6.07, 6.45) is 2.28. The number of halogens is 7. The molecule has 1 atom stereocenters. The van der Waals surface area contributed by atoms with Crippen molar-refractivity contribution in [3.63, 3.8) is 0 Å². The third kappa shape index (κ3) is 192. The largest absolute Gasteiger partial charge is 2.00 e. The monoisotopic (exact) mass is 851 g/mol. The number of rotatable bonds is 7. The Bertz CT molecular complexity index is 276. The molecule has 0 amide bonds. The van der Waals surface area contributed by atoms with Gasteiger partial charge in [0.1, 0.15) is 0 Å². The second kappa shape index (κ2) is 104. The standard InChI is InChI=1S/C6H16NP.C5H13ClNP.C4H9.C2H7P.C2H6.2CH3Cl2P.CH4ClN.3CH3.ClH.2Li.Mg/c1-5-7(6-2)8(3)4;1-4-7(5-2)8(3)6;1-3-4-2;1-3-2;1-2;2*1-4(2)3;1-3-2;;;;;;;/h5-6H2,1-4H3;4-5H2,1-3H3;1,3-4H2,2H3;3H,1-2H3;1-2H3;2*1H3;3H,1H3;3*1H3;1H;;;/q;;-1;;;;;;3*-1;;2*+1;+2. The molecule has 18 heteroatoms. The Morgan fingerprint density at radius 1 is 0.674 bits per heavy atom. The minimum absolute atomic E-state index is 0. The minimum atomic E-state index is -0.676. The zero-order valence-electron chi connectivity index (χ0n) is 32.0. The third-order valence-electron chi connectivity index (χ3n) is 2.77. The van der Waals surface area contributed by atoms with Gasteiger partial charge in [-0.25, -0.2) is 4.84 Å². The van der Waals surface area contributed by atoms with Gasteiger partial charge < -0.3 is 29.2 Å². The van der Waals surface area contributed by atoms with E-state index in [0.717, 1.165) is 28.1 Å². The maximum absolute atomic E-state index is 5.83. The fourth-order valence-corrected chi connectivity index (χ4v) is 3.95. The van der Waals surface area contributed by atoms with Crippen molar-refractivity contribution in [2.24, 2.45) is 0 Å². The average molecular weight is 855 g/mol. The van der Waals surface area contributed by atoms with Crippen LogP contribution in [-0.4, -0.2) is 112 Å². The van der Waals surface area contributed by atoms with E-state index >= 15 is 0 Å². The van der Waals surface area contributed by atoms with Gasteiger partial charge in [0.05, 0.1) is 20.7 Å². The van der Waals surface area contributed by atoms with Crippen molar-refractivity contribution in [3.05, 3.63) is 29.2 Å². The molecule has 3 nitrogen and oxygen atoms in total. The SMILES string of the molecule is CC.CCN(CC)P(C)C.CCN(CC)P(C)Cl.CNCl.CP(Cl)Cl.CP(Cl)Cl.CPC.Cl.[CH2-]CCC.[CH3-].[CH3-].[CH3-].[Li+].[Li+].[Mg+2]. The summed E-state index contributed by atoms with van der Waals surface area (Å²) in [5, 5.41) is 0. The predicted octanol–water partition coefficient (Wildman–Crippen LogP) is 8.64. The predicted molar refractivity (Wildman–Crippen MR) is 231 cm³/mol. The topological polar surface area (TPSA) is 18.5 Å². The molecule has 264 valence electrons. The third-order valence-corrected chi connectivity index (χ3v) is 6.45. The van der Waals surface area contributed by atoms with Crippen molar-refractivity contribution >= 4 is 141 Å². The van der Waals surface area contributed by atoms with Gasteiger partial charge in [-0.15, -0.1) is 21.0 Å². The van der Waals surface area contributed by atoms with Crippen molar-refractivity contribution in [1.29, 1.82) is 0 Å². The fourth-order valence-electron chi connectivity index (χ4n) is 1.40. The maximum atomic E-state index is 5.83. The quantitative estimate of drug-likeness (QED) is 0.120. The van der Waals surface area contributed by atoms with E-state index in [1.165, 1.54) is 19.5 Å². The molecule has 0 aliphatic rings. The molecule has 0 saturated heterocycles. The number of hydrogen-bond acceptors (Lipinski definition) is 3. The normalized spacial score (nSPS) is 8.16. The van der Waals surface area contributed by atoms with Gasteiger partial charge in [-0.3, -0.25) is 9.34 Å². The summed E-state index contributed by atoms with van der Waals surface area (Å²) in [6.45, 7) is 36.1. The van der Waals surface area contributed by atoms with E-state index in [0.29, 0.717) is 0 Å². The number of unbranched alkanes of at least 4 members (excludes halogenated alkanes) is 1. The van der Waals surface area contributed by atoms with Gasteiger partial charge >= 0.3 is 60.8 Å². The molecule has 0 spiro atoms. The zero-order chi connectivity index (χ0) is 31.1. The second-order valence-electron chi connectivity index (χ2n) is 5.92. The molecule has 43 heavy (non-hydrogen) atoms. The molecule has 1 N–H and O–H groups in total. The minimum Gasteiger partial charge on any atom is -0.358 e. The van der Waals surface area contributed by atoms with Crippen LogP contribution < -0.4 is 42.6 Å². The summed E-state index contributed by atoms with van der Waals surface area (Å²) < 4.78 is 4.73. The first kappa shape index (κ1) is 97.7. The van der Waals surface area contributed by atoms with Crippen LogP contribution in [0, 0.1) is 29.2 Å². The van der Waals surface area contributed by atoms with Crippen molar-refractivity contribution in [2.75, 3.05) is 79.9 Å². The van der Waals surface area contributed by atoms with E-state index in [1.807, 2.05) is 13.8 Å². The van der Waals surface area contributed by atoms with Crippen LogP contribution in [0.15, 0.2) is 0 Å². The molecule has 0 rings (SSSR count). The average Bonchev–Trinajstić information content (AvgIpc) is 2.77. The van der Waals surface area contributed by atoms with E-state index in [2.05, 4.69) is 89.0 Å². The Morgan fingerprint density at radius 3 is 0.814 bits per heavy atom. The summed E-state index contributed by atoms with van der Waals surface area (Å²) in [4.78, 5) is 2.22. The summed E-state index contributed by atoms with van der Waals surface area (Å²) in [5.74, 6) is 0. The first-order valence-electron chi connectivity index (χ1n) is 12.0. The Hall–Kier alpha value is 6.02. The van der Waals surface area contributed by atoms with Gasteiger partial charge in [0.2, 0.25) is 0 Å². The van der Waals surface area contributed by atoms with E-state index in [-0.39, 0.29) is 111 Å². The molecule has 0 aliphatic heterocycles. The van der Waals surface area contributed by atoms with Crippen molar-refractivity contribution in [2.45, 2.75) is 61.3 Å². The molecule has 0 aromatic heterocycles. The molecule has 0 aromatic carbocycles. The van der Waals surface area contributed by atoms with Gasteiger partial charge in [0, 0.05) is 13.1 Å². The Labute approximate surface area is 359 Å². The number of nitrogens with zero attached hydrogens (tertiary/aromatic N) is 2. The molecular formula is C25H71Cl7Li2MgN3P5. The Kier molecular flexibility index (Phi) is 235. The molecular weight excluding hydrogens is 784 g/mol. The van der Waals surface area contributed by atoms with Crippen molar-refractivity contribution in [3.8, 4) is 0 Å². The van der Waals surface area contributed by atoms with Crippen LogP contribution in [0.4, 0.5) is 0 Å². The van der Waals surface area contributed by atoms with E-state index in [9.17, 15) is 0 Å². The van der Waals surface area contributed by atoms with Gasteiger partial charge in [-0.05, 0) is 86.6 Å². The first-order chi connectivity index (χ1) is 16.6. The Balaban J connectivity index is -0.0000000163. The van der Waals surface area contributed by atoms with Crippen LogP contribution in [0.25, 0.3) is 0 Å². The van der Waals surface area contributed by atoms with E-state index < -0.39 is 13.3 Å². The van der Waals surface area contributed by atoms with Gasteiger partial charge in [0.25, 0.3) is 0 Å². The van der Waals surface area contributed by atoms with Crippen LogP contribution in [0.1, 0.15) is 61.3 Å². The molecule has 0 saturated carbocycles. The molecule has 0 fully saturated rings. The molecule has 0 radical (unpaired) electrons. The smallest absolute Gasteiger partial charge is 0.358 e. The molecule has 0 aromatic rings. The molecule has 0 heterocycles. The van der Waals surface area contributed by atoms with Crippen molar-refractivity contribution < 1.29 is 37.7 Å². The summed E-state index contributed by atoms with van der Waals surface area (Å²) in [7, 11) is 2.53. The number of hydrogen-bond donors (Lipinski definition) is 1. The first-order valence-corrected chi connectivity index (χ1v) is 26.4. The zero-order valence-corrected chi connectivity index (χ0v) is 43.4. The van der Waals surface area contributed by atoms with Crippen LogP contribution in [0.2, 0.25) is 0 Å². The van der Waals surface area contributed by atoms with Crippen LogP contribution in [0.5, 0.6) is 0 Å². The van der Waals surface area contributed by atoms with Gasteiger partial charge in [-0.2, -0.15) is 6.42 Å². The van der Waals surface area contributed by atoms with Crippen LogP contribution >= 0.6 is 118 Å². The van der Waals surface area contributed by atoms with Gasteiger partial charge in [-0.1, -0.05) is 111 Å². The Morgan fingerprint density at radius 2 is 0.814 bits per heavy atom. The molecule has 0 aliphatic carbocycles. The van der Waals surface area contributed by atoms with Crippen LogP contribution in [0.3, 0.4) is 0 Å². The molecule has 1 unspecified atom stereocenters.